The van der Waals surface area contributed by atoms with Crippen LogP contribution in [0.1, 0.15) is 42.5 Å². The molecule has 218 valence electrons. The van der Waals surface area contributed by atoms with Crippen LogP contribution in [0.2, 0.25) is 0 Å². The molecule has 0 bridgehead atoms. The Morgan fingerprint density at radius 3 is 1.75 bits per heavy atom. The van der Waals surface area contributed by atoms with Gasteiger partial charge in [-0.05, 0) is 28.5 Å². The van der Waals surface area contributed by atoms with Crippen LogP contribution < -0.4 is 0 Å². The van der Waals surface area contributed by atoms with Gasteiger partial charge in [0.2, 0.25) is 0 Å². The van der Waals surface area contributed by atoms with Crippen molar-refractivity contribution in [2.45, 2.75) is 26.7 Å². The molecule has 8 rings (SSSR count). The van der Waals surface area contributed by atoms with E-state index >= 15 is 0 Å². The molecule has 0 nitrogen and oxygen atoms in total. The quantitative estimate of drug-likeness (QED) is 0.130. The van der Waals surface area contributed by atoms with Crippen molar-refractivity contribution in [3.05, 3.63) is 193 Å². The van der Waals surface area contributed by atoms with Crippen molar-refractivity contribution < 1.29 is 24.2 Å². The first-order chi connectivity index (χ1) is 21.8. The Kier molecular flexibility index (Phi) is 13.2. The topological polar surface area (TPSA) is 0 Å². The first-order valence-electron chi connectivity index (χ1n) is 15.0. The second-order valence-corrected chi connectivity index (χ2v) is 10.1. The van der Waals surface area contributed by atoms with Gasteiger partial charge < -0.3 is 0 Å². The van der Waals surface area contributed by atoms with Gasteiger partial charge >= 0.3 is 28.4 Å². The molecule has 44 heavy (non-hydrogen) atoms. The predicted octanol–water partition coefficient (Wildman–Crippen LogP) is 11.2. The molecule has 0 saturated carbocycles. The fourth-order valence-electron chi connectivity index (χ4n) is 5.36. The first-order valence-corrected chi connectivity index (χ1v) is 16.7. The van der Waals surface area contributed by atoms with Crippen molar-refractivity contribution in [1.82, 2.24) is 0 Å². The minimum absolute atomic E-state index is 1.01. The molecular weight excluding hydrogens is 608 g/mol. The Bertz CT molecular complexity index is 1750. The van der Waals surface area contributed by atoms with Crippen LogP contribution in [-0.4, -0.2) is 4.21 Å². The summed E-state index contributed by atoms with van der Waals surface area (Å²) in [4.78, 5) is 0. The zero-order valence-electron chi connectivity index (χ0n) is 25.6. The summed E-state index contributed by atoms with van der Waals surface area (Å²) in [6, 6.07) is 47.9. The second-order valence-electron chi connectivity index (χ2n) is 10.1. The van der Waals surface area contributed by atoms with Gasteiger partial charge in [0, 0.05) is 0 Å². The smallest absolute Gasteiger partial charge is 0.0240 e. The van der Waals surface area contributed by atoms with E-state index in [1.807, 2.05) is 68.5 Å². The van der Waals surface area contributed by atoms with Crippen molar-refractivity contribution in [2.24, 2.45) is 0 Å². The minimum Gasteiger partial charge on any atom is -0.147 e. The third-order valence-corrected chi connectivity index (χ3v) is 7.45. The third kappa shape index (κ3) is 8.46. The van der Waals surface area contributed by atoms with Crippen molar-refractivity contribution in [3.63, 3.8) is 0 Å². The molecule has 2 aliphatic carbocycles. The Morgan fingerprint density at radius 1 is 0.636 bits per heavy atom. The van der Waals surface area contributed by atoms with Gasteiger partial charge in [0.25, 0.3) is 0 Å². The van der Waals surface area contributed by atoms with Gasteiger partial charge in [0.1, 0.15) is 0 Å². The van der Waals surface area contributed by atoms with Gasteiger partial charge in [-0.2, -0.15) is 54.3 Å². The third-order valence-electron chi connectivity index (χ3n) is 7.45. The second kappa shape index (κ2) is 17.8. The van der Waals surface area contributed by atoms with Crippen LogP contribution in [0.4, 0.5) is 0 Å². The van der Waals surface area contributed by atoms with E-state index in [1.165, 1.54) is 79.2 Å². The maximum atomic E-state index is 3.48. The van der Waals surface area contributed by atoms with Gasteiger partial charge in [-0.1, -0.05) is 79.9 Å². The number of rotatable bonds is 2. The zero-order chi connectivity index (χ0) is 31.0. The van der Waals surface area contributed by atoms with Crippen LogP contribution in [0.5, 0.6) is 0 Å². The normalized spacial score (nSPS) is 11.2. The van der Waals surface area contributed by atoms with Crippen LogP contribution >= 0.6 is 0 Å². The van der Waals surface area contributed by atoms with Crippen molar-refractivity contribution in [3.8, 4) is 11.1 Å². The summed E-state index contributed by atoms with van der Waals surface area (Å²) in [5, 5.41) is 5.30. The SMILES string of the molecule is C[CH-]c1ccccc1.C[CH-]c1ccccc1.[C-]1=CC=CC1.[CH2]=[Zr].[c-]1cccc2c1c1c(c3ccccc32)-c2ccccc2C1. The molecule has 0 N–H and O–H groups in total. The maximum Gasteiger partial charge on any atom is -0.0240 e. The van der Waals surface area contributed by atoms with Gasteiger partial charge in [-0.15, -0.1) is 71.3 Å². The average molecular weight is 646 g/mol. The van der Waals surface area contributed by atoms with Gasteiger partial charge in [-0.25, -0.2) is 12.2 Å². The molecule has 0 radical (unpaired) electrons. The summed E-state index contributed by atoms with van der Waals surface area (Å²) >= 11 is 1.30. The van der Waals surface area contributed by atoms with E-state index in [0.717, 1.165) is 12.8 Å². The molecule has 0 atom stereocenters. The van der Waals surface area contributed by atoms with Crippen LogP contribution in [0.3, 0.4) is 0 Å². The summed E-state index contributed by atoms with van der Waals surface area (Å²) in [5.74, 6) is 0. The van der Waals surface area contributed by atoms with Crippen LogP contribution in [0.25, 0.3) is 32.7 Å². The fraction of sp³-hybridized carbons (Fsp3) is 0.0930. The Balaban J connectivity index is 0.000000158. The molecule has 0 spiro atoms. The largest absolute Gasteiger partial charge is 0.147 e. The van der Waals surface area contributed by atoms with Crippen molar-refractivity contribution in [1.29, 1.82) is 0 Å². The summed E-state index contributed by atoms with van der Waals surface area (Å²) in [7, 11) is 0. The Morgan fingerprint density at radius 2 is 1.20 bits per heavy atom. The van der Waals surface area contributed by atoms with E-state index in [2.05, 4.69) is 120 Å². The summed E-state index contributed by atoms with van der Waals surface area (Å²) < 4.78 is 3.34. The Labute approximate surface area is 279 Å². The summed E-state index contributed by atoms with van der Waals surface area (Å²) in [6.45, 7) is 4.07. The molecule has 0 saturated heterocycles. The van der Waals surface area contributed by atoms with Crippen LogP contribution in [-0.2, 0) is 30.7 Å². The molecule has 1 heteroatoms. The maximum absolute atomic E-state index is 3.48. The minimum atomic E-state index is 1.01. The number of allylic oxidation sites excluding steroid dienone is 4. The molecule has 0 heterocycles. The molecule has 0 aliphatic heterocycles. The summed E-state index contributed by atoms with van der Waals surface area (Å²) in [6.07, 6.45) is 15.2. The van der Waals surface area contributed by atoms with Crippen LogP contribution in [0, 0.1) is 25.0 Å². The molecule has 0 fully saturated rings. The van der Waals surface area contributed by atoms with Crippen LogP contribution in [0.15, 0.2) is 146 Å². The van der Waals surface area contributed by atoms with E-state index < -0.39 is 0 Å². The number of hydrogen-bond acceptors (Lipinski definition) is 0. The van der Waals surface area contributed by atoms with Crippen molar-refractivity contribution >= 4 is 25.8 Å². The molecule has 2 aliphatic rings. The molecule has 0 amide bonds. The molecule has 6 aromatic rings. The van der Waals surface area contributed by atoms with E-state index in [-0.39, 0.29) is 0 Å². The Hall–Kier alpha value is -4.19. The number of fused-ring (bicyclic) bond motifs is 8. The molecule has 0 unspecified atom stereocenters. The fourth-order valence-corrected chi connectivity index (χ4v) is 5.36. The number of hydrogen-bond donors (Lipinski definition) is 0. The first kappa shape index (κ1) is 32.7. The predicted molar refractivity (Wildman–Crippen MR) is 188 cm³/mol. The van der Waals surface area contributed by atoms with E-state index in [1.54, 1.807) is 0 Å². The standard InChI is InChI=1S/C21H13.2C8H9.C5H5.CH2.Zr/c1-2-8-15-14(7-1)13-20-18-11-4-3-9-16(18)17-10-5-6-12-19(17)21(15)20;2*1-2-8-6-4-3-5-7-8;1-2-4-5-3-1;;/h1-10,12H,13H2;2*2-7H,1H3;1-3H,4H2;1H2;/q4*-1;;. The summed E-state index contributed by atoms with van der Waals surface area (Å²) in [5.41, 5.74) is 8.24. The zero-order valence-corrected chi connectivity index (χ0v) is 28.1. The van der Waals surface area contributed by atoms with E-state index in [9.17, 15) is 0 Å². The van der Waals surface area contributed by atoms with Crippen molar-refractivity contribution in [2.75, 3.05) is 0 Å². The average Bonchev–Trinajstić information content (AvgIpc) is 3.84. The van der Waals surface area contributed by atoms with Gasteiger partial charge in [-0.3, -0.25) is 6.08 Å². The van der Waals surface area contributed by atoms with Gasteiger partial charge in [0.05, 0.1) is 0 Å². The van der Waals surface area contributed by atoms with Gasteiger partial charge in [0.15, 0.2) is 0 Å². The molecule has 6 aromatic carbocycles. The van der Waals surface area contributed by atoms with E-state index in [0.29, 0.717) is 0 Å². The van der Waals surface area contributed by atoms with E-state index in [4.69, 9.17) is 0 Å². The molecule has 0 aromatic heterocycles. The monoisotopic (exact) mass is 644 g/mol. The molecular formula is C43H38Zr-4. The number of benzene rings is 6.